The normalized spacial score (nSPS) is 7.58. The van der Waals surface area contributed by atoms with Crippen LogP contribution in [0.2, 0.25) is 0 Å². The summed E-state index contributed by atoms with van der Waals surface area (Å²) in [5.74, 6) is 0. The first kappa shape index (κ1) is 14.7. The molecule has 5 heteroatoms. The van der Waals surface area contributed by atoms with Gasteiger partial charge in [0, 0.05) is 12.4 Å². The molecule has 0 atom stereocenters. The van der Waals surface area contributed by atoms with Crippen LogP contribution < -0.4 is 0 Å². The fourth-order valence-electron chi connectivity index (χ4n) is 0.618. The summed E-state index contributed by atoms with van der Waals surface area (Å²) in [6.07, 6.45) is 4.74. The van der Waals surface area contributed by atoms with E-state index >= 15 is 0 Å². The van der Waals surface area contributed by atoms with E-state index in [-0.39, 0.29) is 17.1 Å². The standard InChI is InChI=1S/C7H9N.Cl2O.H2Se/c1-2-7-3-5-8-6-4-7;1-3-2;/h3-6H,2H2,1H3;;1H2. The summed E-state index contributed by atoms with van der Waals surface area (Å²) < 4.78 is 3.19. The van der Waals surface area contributed by atoms with Gasteiger partial charge in [0.2, 0.25) is 0 Å². The molecule has 1 heterocycles. The molecule has 0 amide bonds. The van der Waals surface area contributed by atoms with Gasteiger partial charge in [-0.15, -0.1) is 0 Å². The van der Waals surface area contributed by atoms with Crippen molar-refractivity contribution < 1.29 is 3.84 Å². The van der Waals surface area contributed by atoms with Crippen LogP contribution in [0, 0.1) is 0 Å². The Morgan fingerprint density at radius 1 is 1.33 bits per heavy atom. The van der Waals surface area contributed by atoms with Crippen LogP contribution in [-0.2, 0) is 10.3 Å². The quantitative estimate of drug-likeness (QED) is 0.732. The van der Waals surface area contributed by atoms with Crippen LogP contribution in [0.15, 0.2) is 24.5 Å². The predicted octanol–water partition coefficient (Wildman–Crippen LogP) is 2.04. The van der Waals surface area contributed by atoms with Crippen molar-refractivity contribution in [3.8, 4) is 0 Å². The van der Waals surface area contributed by atoms with E-state index in [1.807, 2.05) is 24.5 Å². The minimum absolute atomic E-state index is 0. The SMILES string of the molecule is CCc1ccncc1.ClOCl.[SeH2]. The van der Waals surface area contributed by atoms with Crippen LogP contribution in [-0.4, -0.2) is 22.1 Å². The van der Waals surface area contributed by atoms with Crippen molar-refractivity contribution in [2.75, 3.05) is 0 Å². The number of rotatable bonds is 1. The van der Waals surface area contributed by atoms with Crippen LogP contribution in [0.3, 0.4) is 0 Å². The van der Waals surface area contributed by atoms with E-state index in [1.165, 1.54) is 5.56 Å². The molecule has 0 saturated heterocycles. The summed E-state index contributed by atoms with van der Waals surface area (Å²) in [6.45, 7) is 2.13. The zero-order valence-corrected chi connectivity index (χ0v) is 10.2. The second-order valence-electron chi connectivity index (χ2n) is 1.77. The molecule has 0 unspecified atom stereocenters. The van der Waals surface area contributed by atoms with E-state index < -0.39 is 0 Å². The van der Waals surface area contributed by atoms with Gasteiger partial charge < -0.3 is 0 Å². The number of aryl methyl sites for hydroxylation is 1. The molecule has 0 aliphatic heterocycles. The third-order valence-corrected chi connectivity index (χ3v) is 1.16. The van der Waals surface area contributed by atoms with Crippen molar-refractivity contribution in [1.82, 2.24) is 4.98 Å². The average molecular weight is 275 g/mol. The third-order valence-electron chi connectivity index (χ3n) is 1.16. The van der Waals surface area contributed by atoms with Gasteiger partial charge in [-0.3, -0.25) is 4.98 Å². The molecule has 0 aliphatic carbocycles. The molecular weight excluding hydrogens is 264 g/mol. The van der Waals surface area contributed by atoms with Crippen molar-refractivity contribution >= 4 is 40.8 Å². The maximum atomic E-state index is 4.26. The fourth-order valence-corrected chi connectivity index (χ4v) is 0.618. The number of pyridine rings is 1. The molecule has 0 aliphatic rings. The monoisotopic (exact) mass is 275 g/mol. The van der Waals surface area contributed by atoms with Gasteiger partial charge in [0.25, 0.3) is 0 Å². The Bertz CT molecular complexity index is 174. The van der Waals surface area contributed by atoms with E-state index in [0.717, 1.165) is 6.42 Å². The Kier molecular flexibility index (Phi) is 13.7. The first-order valence-corrected chi connectivity index (χ1v) is 3.75. The van der Waals surface area contributed by atoms with E-state index in [0.29, 0.717) is 0 Å². The van der Waals surface area contributed by atoms with Crippen molar-refractivity contribution in [2.45, 2.75) is 13.3 Å². The topological polar surface area (TPSA) is 22.1 Å². The Labute approximate surface area is 93.0 Å². The number of halogens is 2. The zero-order chi connectivity index (χ0) is 8.53. The van der Waals surface area contributed by atoms with Crippen molar-refractivity contribution in [1.29, 1.82) is 0 Å². The second-order valence-corrected chi connectivity index (χ2v) is 2.23. The molecule has 70 valence electrons. The molecule has 0 fully saturated rings. The minimum atomic E-state index is 0. The molecule has 0 N–H and O–H groups in total. The number of hydrogen-bond acceptors (Lipinski definition) is 2. The van der Waals surface area contributed by atoms with Crippen molar-refractivity contribution in [2.24, 2.45) is 0 Å². The summed E-state index contributed by atoms with van der Waals surface area (Å²) in [5, 5.41) is 0. The molecule has 1 aromatic heterocycles. The van der Waals surface area contributed by atoms with Crippen molar-refractivity contribution in [3.63, 3.8) is 0 Å². The van der Waals surface area contributed by atoms with Crippen LogP contribution in [0.4, 0.5) is 0 Å². The molecule has 0 aromatic carbocycles. The van der Waals surface area contributed by atoms with Gasteiger partial charge in [-0.2, -0.15) is 3.84 Å². The Morgan fingerprint density at radius 2 is 1.75 bits per heavy atom. The summed E-state index contributed by atoms with van der Waals surface area (Å²) in [4.78, 5) is 3.89. The summed E-state index contributed by atoms with van der Waals surface area (Å²) in [7, 11) is 0. The van der Waals surface area contributed by atoms with Gasteiger partial charge in [-0.1, -0.05) is 6.92 Å². The van der Waals surface area contributed by atoms with E-state index in [1.54, 1.807) is 0 Å². The van der Waals surface area contributed by atoms with E-state index in [4.69, 9.17) is 0 Å². The van der Waals surface area contributed by atoms with E-state index in [9.17, 15) is 0 Å². The summed E-state index contributed by atoms with van der Waals surface area (Å²) in [6, 6.07) is 4.06. The van der Waals surface area contributed by atoms with Gasteiger partial charge in [0.05, 0.1) is 23.7 Å². The number of hydrogen-bond donors (Lipinski definition) is 0. The van der Waals surface area contributed by atoms with Gasteiger partial charge in [-0.25, -0.2) is 0 Å². The van der Waals surface area contributed by atoms with Gasteiger partial charge in [0.1, 0.15) is 0 Å². The third kappa shape index (κ3) is 8.31. The van der Waals surface area contributed by atoms with Crippen LogP contribution >= 0.6 is 23.7 Å². The molecule has 0 spiro atoms. The molecule has 0 saturated carbocycles. The van der Waals surface area contributed by atoms with Crippen molar-refractivity contribution in [3.05, 3.63) is 30.1 Å². The zero-order valence-electron chi connectivity index (χ0n) is 6.63. The second kappa shape index (κ2) is 11.2. The van der Waals surface area contributed by atoms with E-state index in [2.05, 4.69) is 39.5 Å². The molecule has 1 rings (SSSR count). The Hall–Kier alpha value is 0.209. The molecular formula is C7H11Cl2NOSe. The predicted molar refractivity (Wildman–Crippen MR) is 55.0 cm³/mol. The van der Waals surface area contributed by atoms with Gasteiger partial charge in [0.15, 0.2) is 0 Å². The first-order valence-electron chi connectivity index (χ1n) is 3.13. The fraction of sp³-hybridized carbons (Fsp3) is 0.286. The number of aromatic nitrogens is 1. The molecule has 1 aromatic rings. The summed E-state index contributed by atoms with van der Waals surface area (Å²) >= 11 is 8.53. The molecule has 12 heavy (non-hydrogen) atoms. The molecule has 0 bridgehead atoms. The molecule has 0 radical (unpaired) electrons. The maximum absolute atomic E-state index is 4.26. The average Bonchev–Trinajstić information content (AvgIpc) is 2.08. The first-order chi connectivity index (χ1) is 5.35. The Morgan fingerprint density at radius 3 is 2.00 bits per heavy atom. The van der Waals surface area contributed by atoms with Gasteiger partial charge in [-0.05, 0) is 24.1 Å². The Balaban J connectivity index is 0. The van der Waals surface area contributed by atoms with Crippen LogP contribution in [0.5, 0.6) is 0 Å². The van der Waals surface area contributed by atoms with Crippen LogP contribution in [0.1, 0.15) is 12.5 Å². The number of nitrogens with zero attached hydrogens (tertiary/aromatic N) is 1. The molecule has 2 nitrogen and oxygen atoms in total. The van der Waals surface area contributed by atoms with Crippen LogP contribution in [0.25, 0.3) is 0 Å². The summed E-state index contributed by atoms with van der Waals surface area (Å²) in [5.41, 5.74) is 1.35. The van der Waals surface area contributed by atoms with Gasteiger partial charge >= 0.3 is 17.1 Å².